The minimum atomic E-state index is -0.773. The summed E-state index contributed by atoms with van der Waals surface area (Å²) in [6.07, 6.45) is 54.5. The fraction of sp³-hybridized carbons (Fsp3) is 0.868. The molecule has 6 heteroatoms. The van der Waals surface area contributed by atoms with E-state index in [-0.39, 0.29) is 31.1 Å². The summed E-state index contributed by atoms with van der Waals surface area (Å²) < 4.78 is 16.8. The molecule has 0 saturated carbocycles. The lowest BCUT2D eigenvalue weighted by atomic mass is 10.0. The molecule has 0 fully saturated rings. The third-order valence-electron chi connectivity index (χ3n) is 11.4. The number of hydrogen-bond acceptors (Lipinski definition) is 6. The van der Waals surface area contributed by atoms with E-state index >= 15 is 0 Å². The van der Waals surface area contributed by atoms with E-state index < -0.39 is 6.10 Å². The van der Waals surface area contributed by atoms with E-state index in [2.05, 4.69) is 45.1 Å². The van der Waals surface area contributed by atoms with Gasteiger partial charge in [0.05, 0.1) is 0 Å². The summed E-state index contributed by atoms with van der Waals surface area (Å²) in [5.41, 5.74) is 0. The molecular weight excluding hydrogens is 733 g/mol. The molecule has 0 aromatic heterocycles. The fourth-order valence-corrected chi connectivity index (χ4v) is 7.48. The number of carbonyl (C=O) groups excluding carboxylic acids is 3. The van der Waals surface area contributed by atoms with Gasteiger partial charge in [-0.25, -0.2) is 0 Å². The highest BCUT2D eigenvalue weighted by molar-refractivity contribution is 5.71. The second kappa shape index (κ2) is 48.6. The van der Waals surface area contributed by atoms with Gasteiger partial charge in [-0.2, -0.15) is 0 Å². The van der Waals surface area contributed by atoms with Gasteiger partial charge in [-0.05, 0) is 64.2 Å². The van der Waals surface area contributed by atoms with Crippen LogP contribution in [0.3, 0.4) is 0 Å². The molecule has 0 N–H and O–H groups in total. The highest BCUT2D eigenvalue weighted by atomic mass is 16.6. The first-order chi connectivity index (χ1) is 29.0. The van der Waals surface area contributed by atoms with Gasteiger partial charge < -0.3 is 14.2 Å². The minimum absolute atomic E-state index is 0.0758. The molecule has 0 heterocycles. The molecular formula is C53H98O6. The van der Waals surface area contributed by atoms with Gasteiger partial charge in [-0.15, -0.1) is 0 Å². The van der Waals surface area contributed by atoms with Crippen LogP contribution in [0.4, 0.5) is 0 Å². The molecule has 0 aliphatic carbocycles. The first-order valence-electron chi connectivity index (χ1n) is 25.8. The van der Waals surface area contributed by atoms with Crippen LogP contribution in [0, 0.1) is 0 Å². The molecule has 0 saturated heterocycles. The Morgan fingerprint density at radius 2 is 0.576 bits per heavy atom. The number of hydrogen-bond donors (Lipinski definition) is 0. The van der Waals surface area contributed by atoms with Gasteiger partial charge >= 0.3 is 17.9 Å². The van der Waals surface area contributed by atoms with Gasteiger partial charge in [-0.3, -0.25) is 14.4 Å². The standard InChI is InChI=1S/C53H98O6/c1-4-7-10-13-16-19-22-24-25-26-27-28-30-31-34-37-40-43-46-52(55)58-49-50(48-57-51(54)45-42-39-36-33-21-18-15-12-9-6-3)59-53(56)47-44-41-38-35-32-29-23-20-17-14-11-8-5-2/h15,18,27-28,50H,4-14,16-17,19-26,29-49H2,1-3H3/b18-15-,28-27-. The van der Waals surface area contributed by atoms with Gasteiger partial charge in [0.15, 0.2) is 6.10 Å². The van der Waals surface area contributed by atoms with Crippen molar-refractivity contribution in [1.29, 1.82) is 0 Å². The Bertz CT molecular complexity index is 958. The molecule has 1 atom stereocenters. The molecule has 0 amide bonds. The molecule has 59 heavy (non-hydrogen) atoms. The lowest BCUT2D eigenvalue weighted by molar-refractivity contribution is -0.167. The van der Waals surface area contributed by atoms with Crippen LogP contribution in [0.25, 0.3) is 0 Å². The smallest absolute Gasteiger partial charge is 0.306 e. The maximum absolute atomic E-state index is 12.8. The van der Waals surface area contributed by atoms with Crippen LogP contribution in [0.2, 0.25) is 0 Å². The lowest BCUT2D eigenvalue weighted by Gasteiger charge is -2.18. The van der Waals surface area contributed by atoms with Gasteiger partial charge in [0.1, 0.15) is 13.2 Å². The summed E-state index contributed by atoms with van der Waals surface area (Å²) in [4.78, 5) is 37.9. The van der Waals surface area contributed by atoms with Crippen molar-refractivity contribution in [2.45, 2.75) is 284 Å². The Morgan fingerprint density at radius 3 is 0.898 bits per heavy atom. The van der Waals surface area contributed by atoms with Crippen molar-refractivity contribution >= 4 is 17.9 Å². The molecule has 1 unspecified atom stereocenters. The summed E-state index contributed by atoms with van der Waals surface area (Å²) in [7, 11) is 0. The third-order valence-corrected chi connectivity index (χ3v) is 11.4. The van der Waals surface area contributed by atoms with E-state index in [1.807, 2.05) is 0 Å². The number of carbonyl (C=O) groups is 3. The van der Waals surface area contributed by atoms with E-state index in [1.54, 1.807) is 0 Å². The lowest BCUT2D eigenvalue weighted by Crippen LogP contribution is -2.30. The zero-order valence-corrected chi connectivity index (χ0v) is 39.5. The predicted molar refractivity (Wildman–Crippen MR) is 252 cm³/mol. The van der Waals surface area contributed by atoms with E-state index in [1.165, 1.54) is 154 Å². The predicted octanol–water partition coefficient (Wildman–Crippen LogP) is 16.8. The van der Waals surface area contributed by atoms with E-state index in [0.717, 1.165) is 83.5 Å². The van der Waals surface area contributed by atoms with Crippen molar-refractivity contribution in [1.82, 2.24) is 0 Å². The number of ether oxygens (including phenoxy) is 3. The molecule has 0 bridgehead atoms. The number of esters is 3. The van der Waals surface area contributed by atoms with Gasteiger partial charge in [0.25, 0.3) is 0 Å². The summed E-state index contributed by atoms with van der Waals surface area (Å²) in [5.74, 6) is -0.886. The van der Waals surface area contributed by atoms with E-state index in [9.17, 15) is 14.4 Å². The molecule has 0 aromatic rings. The maximum atomic E-state index is 12.8. The first kappa shape index (κ1) is 56.9. The average Bonchev–Trinajstić information content (AvgIpc) is 3.23. The van der Waals surface area contributed by atoms with Crippen LogP contribution in [-0.2, 0) is 28.6 Å². The largest absolute Gasteiger partial charge is 0.462 e. The van der Waals surface area contributed by atoms with E-state index in [4.69, 9.17) is 14.2 Å². The monoisotopic (exact) mass is 831 g/mol. The zero-order valence-electron chi connectivity index (χ0n) is 39.5. The summed E-state index contributed by atoms with van der Waals surface area (Å²) in [6.45, 7) is 6.60. The van der Waals surface area contributed by atoms with Crippen molar-refractivity contribution in [3.8, 4) is 0 Å². The van der Waals surface area contributed by atoms with Crippen molar-refractivity contribution in [2.75, 3.05) is 13.2 Å². The molecule has 0 spiro atoms. The molecule has 346 valence electrons. The van der Waals surface area contributed by atoms with Crippen LogP contribution in [-0.4, -0.2) is 37.2 Å². The molecule has 0 aromatic carbocycles. The molecule has 0 aliphatic rings. The molecule has 0 radical (unpaired) electrons. The molecule has 0 rings (SSSR count). The third kappa shape index (κ3) is 46.8. The van der Waals surface area contributed by atoms with Crippen molar-refractivity contribution in [3.63, 3.8) is 0 Å². The van der Waals surface area contributed by atoms with Crippen LogP contribution >= 0.6 is 0 Å². The summed E-state index contributed by atoms with van der Waals surface area (Å²) >= 11 is 0. The molecule has 0 aliphatic heterocycles. The Labute approximate surface area is 366 Å². The van der Waals surface area contributed by atoms with E-state index in [0.29, 0.717) is 19.3 Å². The Balaban J connectivity index is 4.30. The SMILES string of the molecule is CCCC/C=C\CCCCCCC(=O)OCC(COC(=O)CCCCCCC/C=C\CCCCCCCCCCC)OC(=O)CCCCCCCCCCCCCCC. The first-order valence-corrected chi connectivity index (χ1v) is 25.8. The zero-order chi connectivity index (χ0) is 43.0. The quantitative estimate of drug-likeness (QED) is 0.0263. The topological polar surface area (TPSA) is 78.9 Å². The second-order valence-electron chi connectivity index (χ2n) is 17.4. The summed E-state index contributed by atoms with van der Waals surface area (Å²) in [6, 6.07) is 0. The van der Waals surface area contributed by atoms with Crippen molar-refractivity contribution in [3.05, 3.63) is 24.3 Å². The van der Waals surface area contributed by atoms with Crippen molar-refractivity contribution < 1.29 is 28.6 Å². The second-order valence-corrected chi connectivity index (χ2v) is 17.4. The number of unbranched alkanes of at least 4 members (excludes halogenated alkanes) is 32. The van der Waals surface area contributed by atoms with Gasteiger partial charge in [0, 0.05) is 19.3 Å². The number of allylic oxidation sites excluding steroid dienone is 4. The van der Waals surface area contributed by atoms with Gasteiger partial charge in [0.2, 0.25) is 0 Å². The Hall–Kier alpha value is -2.11. The van der Waals surface area contributed by atoms with Crippen LogP contribution in [0.1, 0.15) is 278 Å². The van der Waals surface area contributed by atoms with Crippen LogP contribution in [0.15, 0.2) is 24.3 Å². The molecule has 6 nitrogen and oxygen atoms in total. The summed E-state index contributed by atoms with van der Waals surface area (Å²) in [5, 5.41) is 0. The maximum Gasteiger partial charge on any atom is 0.306 e. The fourth-order valence-electron chi connectivity index (χ4n) is 7.48. The van der Waals surface area contributed by atoms with Gasteiger partial charge in [-0.1, -0.05) is 218 Å². The Kier molecular flexibility index (Phi) is 46.8. The minimum Gasteiger partial charge on any atom is -0.462 e. The Morgan fingerprint density at radius 1 is 0.322 bits per heavy atom. The van der Waals surface area contributed by atoms with Crippen LogP contribution < -0.4 is 0 Å². The number of rotatable bonds is 47. The average molecular weight is 831 g/mol. The van der Waals surface area contributed by atoms with Crippen molar-refractivity contribution in [2.24, 2.45) is 0 Å². The highest BCUT2D eigenvalue weighted by Gasteiger charge is 2.19. The normalized spacial score (nSPS) is 12.1. The van der Waals surface area contributed by atoms with Crippen LogP contribution in [0.5, 0.6) is 0 Å². The highest BCUT2D eigenvalue weighted by Crippen LogP contribution is 2.15.